The first-order chi connectivity index (χ1) is 6.93. The van der Waals surface area contributed by atoms with Gasteiger partial charge in [-0.15, -0.1) is 0 Å². The van der Waals surface area contributed by atoms with Crippen LogP contribution in [0.5, 0.6) is 0 Å². The molecule has 0 atom stereocenters. The highest BCUT2D eigenvalue weighted by molar-refractivity contribution is 5.38. The molecule has 14 heavy (non-hydrogen) atoms. The fourth-order valence-corrected chi connectivity index (χ4v) is 1.42. The van der Waals surface area contributed by atoms with E-state index in [-0.39, 0.29) is 13.6 Å². The number of hydrogen-bond acceptors (Lipinski definition) is 4. The van der Waals surface area contributed by atoms with Crippen LogP contribution in [0.3, 0.4) is 0 Å². The third kappa shape index (κ3) is 1.08. The van der Waals surface area contributed by atoms with Crippen LogP contribution >= 0.6 is 0 Å². The van der Waals surface area contributed by atoms with Crippen molar-refractivity contribution in [3.05, 3.63) is 47.3 Å². The van der Waals surface area contributed by atoms with Crippen LogP contribution in [0, 0.1) is 0 Å². The first-order valence-electron chi connectivity index (χ1n) is 4.29. The Morgan fingerprint density at radius 2 is 0.857 bits per heavy atom. The Bertz CT molecular complexity index is 317. The van der Waals surface area contributed by atoms with Gasteiger partial charge in [-0.25, -0.2) is 0 Å². The quantitative estimate of drug-likeness (QED) is 0.583. The number of rotatable bonds is 0. The van der Waals surface area contributed by atoms with Crippen molar-refractivity contribution >= 4 is 0 Å². The van der Waals surface area contributed by atoms with Crippen LogP contribution in [0.1, 0.15) is 0 Å². The molecule has 3 rings (SSSR count). The summed E-state index contributed by atoms with van der Waals surface area (Å²) in [6, 6.07) is 0. The van der Waals surface area contributed by atoms with Gasteiger partial charge in [-0.2, -0.15) is 0 Å². The lowest BCUT2D eigenvalue weighted by Gasteiger charge is -1.98. The summed E-state index contributed by atoms with van der Waals surface area (Å²) < 4.78 is 21.0. The van der Waals surface area contributed by atoms with Gasteiger partial charge in [0.1, 0.15) is 0 Å². The van der Waals surface area contributed by atoms with Crippen molar-refractivity contribution in [1.82, 2.24) is 0 Å². The zero-order valence-corrected chi connectivity index (χ0v) is 7.36. The normalized spacial score (nSPS) is 27.4. The molecule has 0 aromatic heterocycles. The molecule has 0 bridgehead atoms. The first kappa shape index (κ1) is 7.55. The van der Waals surface area contributed by atoms with Crippen molar-refractivity contribution in [2.24, 2.45) is 0 Å². The molecule has 72 valence electrons. The summed E-state index contributed by atoms with van der Waals surface area (Å²) in [5.41, 5.74) is 0. The zero-order valence-electron chi connectivity index (χ0n) is 7.36. The summed E-state index contributed by atoms with van der Waals surface area (Å²) in [6.45, 7) is 0.539. The van der Waals surface area contributed by atoms with Gasteiger partial charge in [-0.3, -0.25) is 0 Å². The summed E-state index contributed by atoms with van der Waals surface area (Å²) in [6.07, 6.45) is 7.26. The molecule has 4 heteroatoms. The minimum Gasteiger partial charge on any atom is -0.454 e. The molecule has 0 aromatic rings. The highest BCUT2D eigenvalue weighted by atomic mass is 16.7. The molecule has 2 aliphatic heterocycles. The second kappa shape index (κ2) is 2.83. The molecule has 0 saturated heterocycles. The monoisotopic (exact) mass is 192 g/mol. The third-order valence-corrected chi connectivity index (χ3v) is 2.12. The SMILES string of the molecule is C1=C\C2=C(/C=C\C3=C/1OCO3)OCO2. The molecule has 0 amide bonds. The Labute approximate surface area is 80.7 Å². The zero-order chi connectivity index (χ0) is 9.38. The van der Waals surface area contributed by atoms with Crippen molar-refractivity contribution in [1.29, 1.82) is 0 Å². The smallest absolute Gasteiger partial charge is 0.231 e. The summed E-state index contributed by atoms with van der Waals surface area (Å²) in [5, 5.41) is 0. The Kier molecular flexibility index (Phi) is 1.53. The van der Waals surface area contributed by atoms with Gasteiger partial charge in [0.15, 0.2) is 23.0 Å². The Hall–Kier alpha value is -1.84. The van der Waals surface area contributed by atoms with Gasteiger partial charge in [-0.1, -0.05) is 0 Å². The Morgan fingerprint density at radius 3 is 1.14 bits per heavy atom. The van der Waals surface area contributed by atoms with E-state index in [4.69, 9.17) is 18.9 Å². The summed E-state index contributed by atoms with van der Waals surface area (Å²) in [4.78, 5) is 0. The number of ether oxygens (including phenoxy) is 4. The summed E-state index contributed by atoms with van der Waals surface area (Å²) in [7, 11) is 0. The maximum Gasteiger partial charge on any atom is 0.231 e. The van der Waals surface area contributed by atoms with Crippen molar-refractivity contribution in [3.8, 4) is 0 Å². The lowest BCUT2D eigenvalue weighted by molar-refractivity contribution is 0.0744. The topological polar surface area (TPSA) is 36.9 Å². The van der Waals surface area contributed by atoms with E-state index in [1.165, 1.54) is 0 Å². The largest absolute Gasteiger partial charge is 0.454 e. The van der Waals surface area contributed by atoms with Gasteiger partial charge in [-0.05, 0) is 24.3 Å². The van der Waals surface area contributed by atoms with Crippen LogP contribution in [0.2, 0.25) is 0 Å². The highest BCUT2D eigenvalue weighted by Gasteiger charge is 2.18. The number of allylic oxidation sites excluding steroid dienone is 4. The van der Waals surface area contributed by atoms with Crippen LogP contribution in [-0.4, -0.2) is 13.6 Å². The van der Waals surface area contributed by atoms with Gasteiger partial charge in [0, 0.05) is 0 Å². The lowest BCUT2D eigenvalue weighted by atomic mass is 10.2. The van der Waals surface area contributed by atoms with E-state index in [9.17, 15) is 0 Å². The predicted octanol–water partition coefficient (Wildman–Crippen LogP) is 1.54. The molecule has 2 heterocycles. The van der Waals surface area contributed by atoms with Gasteiger partial charge >= 0.3 is 0 Å². The molecule has 0 N–H and O–H groups in total. The first-order valence-corrected chi connectivity index (χ1v) is 4.29. The van der Waals surface area contributed by atoms with E-state index >= 15 is 0 Å². The Balaban J connectivity index is 1.99. The van der Waals surface area contributed by atoms with Gasteiger partial charge < -0.3 is 18.9 Å². The molecule has 0 unspecified atom stereocenters. The van der Waals surface area contributed by atoms with E-state index in [1.807, 2.05) is 24.3 Å². The summed E-state index contributed by atoms with van der Waals surface area (Å²) in [5.74, 6) is 2.90. The standard InChI is InChI=1S/C10H8O4/c1-2-8-10(14-6-12-8)4-3-9-7(1)11-5-13-9/h1-4H,5-6H2/b2-1-,4-3-,7-1?,8-2?,9-3?,10-4?. The molecule has 0 radical (unpaired) electrons. The van der Waals surface area contributed by atoms with Crippen molar-refractivity contribution in [3.63, 3.8) is 0 Å². The van der Waals surface area contributed by atoms with Crippen molar-refractivity contribution < 1.29 is 18.9 Å². The lowest BCUT2D eigenvalue weighted by Crippen LogP contribution is -1.87. The maximum atomic E-state index is 5.24. The molecule has 3 aliphatic rings. The molecule has 1 aliphatic carbocycles. The van der Waals surface area contributed by atoms with Crippen LogP contribution in [-0.2, 0) is 18.9 Å². The van der Waals surface area contributed by atoms with E-state index in [0.29, 0.717) is 0 Å². The maximum absolute atomic E-state index is 5.24. The molecule has 0 aromatic carbocycles. The molecular weight excluding hydrogens is 184 g/mol. The summed E-state index contributed by atoms with van der Waals surface area (Å²) >= 11 is 0. The molecule has 0 saturated carbocycles. The van der Waals surface area contributed by atoms with Crippen LogP contribution in [0.15, 0.2) is 47.3 Å². The average Bonchev–Trinajstić information content (AvgIpc) is 2.75. The van der Waals surface area contributed by atoms with Crippen LogP contribution in [0.25, 0.3) is 0 Å². The minimum absolute atomic E-state index is 0.270. The van der Waals surface area contributed by atoms with E-state index in [0.717, 1.165) is 23.0 Å². The van der Waals surface area contributed by atoms with E-state index in [1.54, 1.807) is 0 Å². The average molecular weight is 192 g/mol. The van der Waals surface area contributed by atoms with Crippen molar-refractivity contribution in [2.45, 2.75) is 0 Å². The molecule has 4 nitrogen and oxygen atoms in total. The highest BCUT2D eigenvalue weighted by Crippen LogP contribution is 2.26. The van der Waals surface area contributed by atoms with Gasteiger partial charge in [0.25, 0.3) is 0 Å². The second-order valence-electron chi connectivity index (χ2n) is 2.94. The van der Waals surface area contributed by atoms with E-state index < -0.39 is 0 Å². The second-order valence-corrected chi connectivity index (χ2v) is 2.94. The predicted molar refractivity (Wildman–Crippen MR) is 46.4 cm³/mol. The molecule has 0 spiro atoms. The number of hydrogen-bond donors (Lipinski definition) is 0. The Morgan fingerprint density at radius 1 is 0.571 bits per heavy atom. The third-order valence-electron chi connectivity index (χ3n) is 2.12. The molecule has 0 fully saturated rings. The van der Waals surface area contributed by atoms with Crippen LogP contribution < -0.4 is 0 Å². The van der Waals surface area contributed by atoms with Crippen molar-refractivity contribution in [2.75, 3.05) is 13.6 Å². The van der Waals surface area contributed by atoms with Crippen LogP contribution in [0.4, 0.5) is 0 Å². The minimum atomic E-state index is 0.270. The molecular formula is C10H8O4. The van der Waals surface area contributed by atoms with E-state index in [2.05, 4.69) is 0 Å². The fourth-order valence-electron chi connectivity index (χ4n) is 1.42. The van der Waals surface area contributed by atoms with Gasteiger partial charge in [0.05, 0.1) is 0 Å². The van der Waals surface area contributed by atoms with Gasteiger partial charge in [0.2, 0.25) is 13.6 Å². The fraction of sp³-hybridized carbons (Fsp3) is 0.200.